The number of anilines is 2. The molecule has 0 fully saturated rings. The van der Waals surface area contributed by atoms with Crippen molar-refractivity contribution in [3.05, 3.63) is 76.5 Å². The third-order valence-electron chi connectivity index (χ3n) is 4.42. The second-order valence-corrected chi connectivity index (χ2v) is 9.48. The lowest BCUT2D eigenvalue weighted by Crippen LogP contribution is -2.26. The minimum absolute atomic E-state index is 0.0900. The second kappa shape index (κ2) is 10.3. The maximum atomic E-state index is 12.4. The number of thiophene rings is 1. The monoisotopic (exact) mass is 457 g/mol. The van der Waals surface area contributed by atoms with E-state index in [4.69, 9.17) is 0 Å². The smallest absolute Gasteiger partial charge is 0.255 e. The summed E-state index contributed by atoms with van der Waals surface area (Å²) in [5, 5.41) is 7.43. The van der Waals surface area contributed by atoms with Crippen LogP contribution in [0.1, 0.15) is 28.6 Å². The Bertz CT molecular complexity index is 1120. The Labute approximate surface area is 185 Å². The Kier molecular flexibility index (Phi) is 7.56. The van der Waals surface area contributed by atoms with Gasteiger partial charge in [0.05, 0.1) is 4.90 Å². The minimum atomic E-state index is -3.64. The quantitative estimate of drug-likeness (QED) is 0.454. The first-order valence-electron chi connectivity index (χ1n) is 9.71. The van der Waals surface area contributed by atoms with E-state index in [0.29, 0.717) is 36.3 Å². The zero-order chi connectivity index (χ0) is 22.3. The average Bonchev–Trinajstić information content (AvgIpc) is 3.28. The van der Waals surface area contributed by atoms with Gasteiger partial charge < -0.3 is 10.6 Å². The Balaban J connectivity index is 1.57. The van der Waals surface area contributed by atoms with Crippen LogP contribution in [0.25, 0.3) is 0 Å². The van der Waals surface area contributed by atoms with Crippen molar-refractivity contribution in [2.45, 2.75) is 24.7 Å². The summed E-state index contributed by atoms with van der Waals surface area (Å²) < 4.78 is 27.4. The fourth-order valence-corrected chi connectivity index (χ4v) is 4.46. The summed E-state index contributed by atoms with van der Waals surface area (Å²) in [5.74, 6) is -0.451. The van der Waals surface area contributed by atoms with Gasteiger partial charge in [-0.15, -0.1) is 11.3 Å². The molecule has 3 N–H and O–H groups in total. The van der Waals surface area contributed by atoms with Crippen molar-refractivity contribution in [2.75, 3.05) is 17.2 Å². The number of carbonyl (C=O) groups is 2. The normalized spacial score (nSPS) is 11.1. The summed E-state index contributed by atoms with van der Waals surface area (Å²) in [7, 11) is -3.64. The molecule has 162 valence electrons. The molecule has 0 spiro atoms. The van der Waals surface area contributed by atoms with Crippen molar-refractivity contribution in [2.24, 2.45) is 0 Å². The predicted octanol–water partition coefficient (Wildman–Crippen LogP) is 3.87. The van der Waals surface area contributed by atoms with Crippen LogP contribution in [0.3, 0.4) is 0 Å². The van der Waals surface area contributed by atoms with E-state index >= 15 is 0 Å². The maximum Gasteiger partial charge on any atom is 0.255 e. The predicted molar refractivity (Wildman–Crippen MR) is 123 cm³/mol. The van der Waals surface area contributed by atoms with Gasteiger partial charge in [0.15, 0.2) is 0 Å². The molecule has 0 radical (unpaired) electrons. The molecule has 1 aromatic heterocycles. The lowest BCUT2D eigenvalue weighted by molar-refractivity contribution is -0.115. The maximum absolute atomic E-state index is 12.4. The number of amides is 2. The lowest BCUT2D eigenvalue weighted by atomic mass is 10.2. The molecule has 7 nitrogen and oxygen atoms in total. The van der Waals surface area contributed by atoms with Crippen LogP contribution < -0.4 is 15.4 Å². The molecule has 0 saturated heterocycles. The van der Waals surface area contributed by atoms with E-state index in [9.17, 15) is 18.0 Å². The number of benzene rings is 2. The number of carbonyl (C=O) groups excluding carboxylic acids is 2. The fourth-order valence-electron chi connectivity index (χ4n) is 2.72. The van der Waals surface area contributed by atoms with Gasteiger partial charge in [-0.3, -0.25) is 9.59 Å². The van der Waals surface area contributed by atoms with Crippen molar-refractivity contribution < 1.29 is 18.0 Å². The summed E-state index contributed by atoms with van der Waals surface area (Å²) >= 11 is 1.58. The van der Waals surface area contributed by atoms with Crippen molar-refractivity contribution in [3.63, 3.8) is 0 Å². The van der Waals surface area contributed by atoms with Crippen LogP contribution in [0.15, 0.2) is 70.9 Å². The Morgan fingerprint density at radius 1 is 0.903 bits per heavy atom. The second-order valence-electron chi connectivity index (χ2n) is 6.68. The molecule has 2 aromatic carbocycles. The summed E-state index contributed by atoms with van der Waals surface area (Å²) in [6, 6.07) is 16.4. The number of hydrogen-bond acceptors (Lipinski definition) is 5. The molecule has 0 aliphatic rings. The van der Waals surface area contributed by atoms with Crippen molar-refractivity contribution >= 4 is 44.5 Å². The number of sulfonamides is 1. The van der Waals surface area contributed by atoms with Crippen LogP contribution in [-0.4, -0.2) is 26.8 Å². The molecule has 1 heterocycles. The molecule has 3 aromatic rings. The van der Waals surface area contributed by atoms with E-state index in [-0.39, 0.29) is 16.7 Å². The summed E-state index contributed by atoms with van der Waals surface area (Å²) in [4.78, 5) is 25.1. The summed E-state index contributed by atoms with van der Waals surface area (Å²) in [6.07, 6.45) is 1.01. The third kappa shape index (κ3) is 6.48. The van der Waals surface area contributed by atoms with Crippen LogP contribution in [0, 0.1) is 0 Å². The zero-order valence-corrected chi connectivity index (χ0v) is 18.6. The highest BCUT2D eigenvalue weighted by atomic mass is 32.2. The number of rotatable bonds is 9. The van der Waals surface area contributed by atoms with Gasteiger partial charge >= 0.3 is 0 Å². The largest absolute Gasteiger partial charge is 0.326 e. The molecular formula is C22H23N3O4S2. The van der Waals surface area contributed by atoms with Gasteiger partial charge in [-0.05, 0) is 66.4 Å². The molecule has 31 heavy (non-hydrogen) atoms. The molecular weight excluding hydrogens is 434 g/mol. The minimum Gasteiger partial charge on any atom is -0.326 e. The first-order chi connectivity index (χ1) is 14.9. The van der Waals surface area contributed by atoms with Gasteiger partial charge in [-0.25, -0.2) is 13.1 Å². The van der Waals surface area contributed by atoms with Gasteiger partial charge in [-0.1, -0.05) is 13.0 Å². The van der Waals surface area contributed by atoms with E-state index < -0.39 is 10.0 Å². The van der Waals surface area contributed by atoms with Gasteiger partial charge in [0, 0.05) is 34.8 Å². The first-order valence-corrected chi connectivity index (χ1v) is 12.1. The zero-order valence-electron chi connectivity index (χ0n) is 16.9. The molecule has 9 heteroatoms. The van der Waals surface area contributed by atoms with E-state index in [0.717, 1.165) is 4.88 Å². The standard InChI is InChI=1S/C22H23N3O4S2/c1-2-21(26)24-17-7-9-18(10-8-17)25-22(27)16-5-11-20(12-6-16)31(28,29)23-14-13-19-4-3-15-30-19/h3-12,15,23H,2,13-14H2,1H3,(H,24,26)(H,25,27). The van der Waals surface area contributed by atoms with Crippen LogP contribution in [0.5, 0.6) is 0 Å². The van der Waals surface area contributed by atoms with Crippen molar-refractivity contribution in [1.29, 1.82) is 0 Å². The number of nitrogens with one attached hydrogen (secondary N) is 3. The molecule has 0 unspecified atom stereocenters. The molecule has 0 aliphatic carbocycles. The summed E-state index contributed by atoms with van der Waals surface area (Å²) in [5.41, 5.74) is 1.54. The van der Waals surface area contributed by atoms with Gasteiger partial charge in [0.1, 0.15) is 0 Å². The van der Waals surface area contributed by atoms with E-state index in [1.807, 2.05) is 17.5 Å². The van der Waals surface area contributed by atoms with Gasteiger partial charge in [0.2, 0.25) is 15.9 Å². The average molecular weight is 458 g/mol. The van der Waals surface area contributed by atoms with Crippen LogP contribution in [-0.2, 0) is 21.2 Å². The Hall–Kier alpha value is -3.01. The number of hydrogen-bond donors (Lipinski definition) is 3. The highest BCUT2D eigenvalue weighted by molar-refractivity contribution is 7.89. The van der Waals surface area contributed by atoms with E-state index in [1.165, 1.54) is 24.3 Å². The Morgan fingerprint density at radius 3 is 2.13 bits per heavy atom. The van der Waals surface area contributed by atoms with Gasteiger partial charge in [0.25, 0.3) is 5.91 Å². The highest BCUT2D eigenvalue weighted by Crippen LogP contribution is 2.16. The molecule has 0 aliphatic heterocycles. The van der Waals surface area contributed by atoms with Crippen molar-refractivity contribution in [3.8, 4) is 0 Å². The third-order valence-corrected chi connectivity index (χ3v) is 6.83. The molecule has 0 atom stereocenters. The fraction of sp³-hybridized carbons (Fsp3) is 0.182. The van der Waals surface area contributed by atoms with Crippen molar-refractivity contribution in [1.82, 2.24) is 4.72 Å². The van der Waals surface area contributed by atoms with Crippen LogP contribution in [0.4, 0.5) is 11.4 Å². The lowest BCUT2D eigenvalue weighted by Gasteiger charge is -2.09. The molecule has 2 amide bonds. The SMILES string of the molecule is CCC(=O)Nc1ccc(NC(=O)c2ccc(S(=O)(=O)NCCc3cccs3)cc2)cc1. The first kappa shape index (κ1) is 22.7. The Morgan fingerprint density at radius 2 is 1.55 bits per heavy atom. The van der Waals surface area contributed by atoms with Gasteiger partial charge in [-0.2, -0.15) is 0 Å². The molecule has 0 bridgehead atoms. The molecule has 3 rings (SSSR count). The summed E-state index contributed by atoms with van der Waals surface area (Å²) in [6.45, 7) is 2.07. The highest BCUT2D eigenvalue weighted by Gasteiger charge is 2.15. The van der Waals surface area contributed by atoms with Crippen LogP contribution in [0.2, 0.25) is 0 Å². The van der Waals surface area contributed by atoms with E-state index in [1.54, 1.807) is 42.5 Å². The van der Waals surface area contributed by atoms with Crippen LogP contribution >= 0.6 is 11.3 Å². The topological polar surface area (TPSA) is 104 Å². The van der Waals surface area contributed by atoms with E-state index in [2.05, 4.69) is 15.4 Å². The molecule has 0 saturated carbocycles.